The normalized spacial score (nSPS) is 15.8. The van der Waals surface area contributed by atoms with E-state index in [0.717, 1.165) is 16.4 Å². The van der Waals surface area contributed by atoms with Gasteiger partial charge in [0.2, 0.25) is 10.0 Å². The highest BCUT2D eigenvalue weighted by Crippen LogP contribution is 2.20. The number of hydrogen-bond acceptors (Lipinski definition) is 4. The Labute approximate surface area is 148 Å². The number of hydrogen-bond donors (Lipinski definition) is 0. The molecule has 138 valence electrons. The van der Waals surface area contributed by atoms with E-state index in [1.165, 1.54) is 29.4 Å². The summed E-state index contributed by atoms with van der Waals surface area (Å²) in [5, 5.41) is 11.0. The van der Waals surface area contributed by atoms with Crippen molar-refractivity contribution in [1.82, 2.24) is 9.21 Å². The number of carbonyl (C=O) groups excluding carboxylic acids is 1. The summed E-state index contributed by atoms with van der Waals surface area (Å²) < 4.78 is 53.1. The molecular weight excluding hydrogens is 368 g/mol. The molecular formula is C16H15F2N3O4S. The lowest BCUT2D eigenvalue weighted by Crippen LogP contribution is -2.50. The van der Waals surface area contributed by atoms with Crippen LogP contribution in [0.1, 0.15) is 10.4 Å². The summed E-state index contributed by atoms with van der Waals surface area (Å²) in [4.78, 5) is 13.5. The second-order valence-electron chi connectivity index (χ2n) is 5.72. The summed E-state index contributed by atoms with van der Waals surface area (Å²) in [6.45, 7) is 0.352. The summed E-state index contributed by atoms with van der Waals surface area (Å²) in [5.41, 5.74) is 0.328. The van der Waals surface area contributed by atoms with Crippen LogP contribution in [0.5, 0.6) is 0 Å². The Hall–Kier alpha value is -2.59. The third-order valence-electron chi connectivity index (χ3n) is 4.10. The number of rotatable bonds is 3. The van der Waals surface area contributed by atoms with Crippen LogP contribution in [0.3, 0.4) is 0 Å². The maximum Gasteiger partial charge on any atom is 0.254 e. The first-order valence-electron chi connectivity index (χ1n) is 7.72. The number of carbonyl (C=O) groups is 1. The lowest BCUT2D eigenvalue weighted by molar-refractivity contribution is -0.605. The van der Waals surface area contributed by atoms with Crippen LogP contribution in [-0.4, -0.2) is 49.7 Å². The van der Waals surface area contributed by atoms with Crippen LogP contribution in [0.15, 0.2) is 47.6 Å². The minimum Gasteiger partial charge on any atom is -0.619 e. The molecule has 1 aliphatic rings. The van der Waals surface area contributed by atoms with Gasteiger partial charge in [-0.25, -0.2) is 17.2 Å². The van der Waals surface area contributed by atoms with Crippen LogP contribution in [0, 0.1) is 16.8 Å². The Morgan fingerprint density at radius 3 is 2.19 bits per heavy atom. The van der Waals surface area contributed by atoms with Crippen molar-refractivity contribution in [2.24, 2.45) is 0 Å². The van der Waals surface area contributed by atoms with Gasteiger partial charge in [0, 0.05) is 38.3 Å². The Morgan fingerprint density at radius 2 is 1.62 bits per heavy atom. The van der Waals surface area contributed by atoms with Gasteiger partial charge in [-0.1, -0.05) is 0 Å². The predicted octanol–water partition coefficient (Wildman–Crippen LogP) is 0.745. The standard InChI is InChI=1S/C16H15F2N3O4S/c17-14-2-1-13(11-15(14)18)26(24,25)21-9-7-19(8-10-21)16(22)12-3-5-20(23)6-4-12/h1-6,11H,7-10H2. The summed E-state index contributed by atoms with van der Waals surface area (Å²) in [6, 6.07) is 5.19. The van der Waals surface area contributed by atoms with Gasteiger partial charge in [-0.3, -0.25) is 4.79 Å². The van der Waals surface area contributed by atoms with Gasteiger partial charge >= 0.3 is 0 Å². The molecule has 0 aliphatic carbocycles. The van der Waals surface area contributed by atoms with Crippen LogP contribution in [-0.2, 0) is 10.0 Å². The molecule has 0 bridgehead atoms. The zero-order valence-electron chi connectivity index (χ0n) is 13.5. The second kappa shape index (κ2) is 6.96. The molecule has 3 rings (SSSR count). The Bertz CT molecular complexity index is 927. The van der Waals surface area contributed by atoms with Crippen molar-refractivity contribution in [3.8, 4) is 0 Å². The van der Waals surface area contributed by atoms with Crippen molar-refractivity contribution >= 4 is 15.9 Å². The zero-order chi connectivity index (χ0) is 18.9. The van der Waals surface area contributed by atoms with Gasteiger partial charge in [0.15, 0.2) is 24.0 Å². The van der Waals surface area contributed by atoms with Crippen molar-refractivity contribution in [2.75, 3.05) is 26.2 Å². The topological polar surface area (TPSA) is 84.6 Å². The molecule has 0 radical (unpaired) electrons. The molecule has 1 amide bonds. The number of benzene rings is 1. The zero-order valence-corrected chi connectivity index (χ0v) is 14.3. The van der Waals surface area contributed by atoms with E-state index in [0.29, 0.717) is 16.4 Å². The van der Waals surface area contributed by atoms with Crippen molar-refractivity contribution < 1.29 is 26.7 Å². The number of halogens is 2. The number of sulfonamides is 1. The summed E-state index contributed by atoms with van der Waals surface area (Å²) in [5.74, 6) is -2.67. The number of pyridine rings is 1. The fourth-order valence-corrected chi connectivity index (χ4v) is 4.09. The van der Waals surface area contributed by atoms with Crippen molar-refractivity contribution in [2.45, 2.75) is 4.90 Å². The van der Waals surface area contributed by atoms with Gasteiger partial charge in [-0.15, -0.1) is 0 Å². The van der Waals surface area contributed by atoms with Crippen LogP contribution in [0.2, 0.25) is 0 Å². The van der Waals surface area contributed by atoms with Crippen molar-refractivity contribution in [1.29, 1.82) is 0 Å². The molecule has 0 N–H and O–H groups in total. The number of amides is 1. The van der Waals surface area contributed by atoms with Gasteiger partial charge in [0.1, 0.15) is 0 Å². The second-order valence-corrected chi connectivity index (χ2v) is 7.66. The number of nitrogens with zero attached hydrogens (tertiary/aromatic N) is 3. The van der Waals surface area contributed by atoms with E-state index < -0.39 is 21.7 Å². The molecule has 0 saturated carbocycles. The van der Waals surface area contributed by atoms with Crippen LogP contribution < -0.4 is 4.73 Å². The average molecular weight is 383 g/mol. The highest BCUT2D eigenvalue weighted by molar-refractivity contribution is 7.89. The lowest BCUT2D eigenvalue weighted by atomic mass is 10.2. The first-order valence-corrected chi connectivity index (χ1v) is 9.16. The Balaban J connectivity index is 1.70. The number of aromatic nitrogens is 1. The van der Waals surface area contributed by atoms with E-state index in [1.54, 1.807) is 0 Å². The molecule has 7 nitrogen and oxygen atoms in total. The fraction of sp³-hybridized carbons (Fsp3) is 0.250. The van der Waals surface area contributed by atoms with Gasteiger partial charge in [-0.05, 0) is 18.2 Å². The molecule has 1 saturated heterocycles. The summed E-state index contributed by atoms with van der Waals surface area (Å²) >= 11 is 0. The molecule has 26 heavy (non-hydrogen) atoms. The largest absolute Gasteiger partial charge is 0.619 e. The molecule has 10 heteroatoms. The molecule has 2 heterocycles. The van der Waals surface area contributed by atoms with E-state index in [1.807, 2.05) is 0 Å². The Morgan fingerprint density at radius 1 is 1.00 bits per heavy atom. The quantitative estimate of drug-likeness (QED) is 0.578. The first kappa shape index (κ1) is 18.2. The maximum atomic E-state index is 13.3. The minimum atomic E-state index is -3.98. The smallest absolute Gasteiger partial charge is 0.254 e. The third kappa shape index (κ3) is 3.51. The van der Waals surface area contributed by atoms with E-state index in [2.05, 4.69) is 0 Å². The highest BCUT2D eigenvalue weighted by Gasteiger charge is 2.31. The van der Waals surface area contributed by atoms with Gasteiger partial charge in [0.25, 0.3) is 5.91 Å². The molecule has 1 aromatic carbocycles. The molecule has 1 aliphatic heterocycles. The van der Waals surface area contributed by atoms with E-state index in [4.69, 9.17) is 0 Å². The molecule has 1 aromatic heterocycles. The molecule has 1 fully saturated rings. The first-order chi connectivity index (χ1) is 12.3. The van der Waals surface area contributed by atoms with E-state index in [9.17, 15) is 27.2 Å². The molecule has 0 spiro atoms. The molecule has 0 atom stereocenters. The van der Waals surface area contributed by atoms with Crippen LogP contribution in [0.4, 0.5) is 8.78 Å². The summed E-state index contributed by atoms with van der Waals surface area (Å²) in [7, 11) is -3.98. The highest BCUT2D eigenvalue weighted by atomic mass is 32.2. The Kier molecular flexibility index (Phi) is 4.88. The fourth-order valence-electron chi connectivity index (χ4n) is 2.66. The van der Waals surface area contributed by atoms with Gasteiger partial charge in [0.05, 0.1) is 10.5 Å². The predicted molar refractivity (Wildman–Crippen MR) is 86.4 cm³/mol. The molecule has 2 aromatic rings. The SMILES string of the molecule is O=C(c1cc[n+]([O-])cc1)N1CCN(S(=O)(=O)c2ccc(F)c(F)c2)CC1. The average Bonchev–Trinajstić information content (AvgIpc) is 2.64. The maximum absolute atomic E-state index is 13.3. The van der Waals surface area contributed by atoms with Crippen LogP contribution in [0.25, 0.3) is 0 Å². The monoisotopic (exact) mass is 383 g/mol. The van der Waals surface area contributed by atoms with Crippen molar-refractivity contribution in [3.63, 3.8) is 0 Å². The van der Waals surface area contributed by atoms with Gasteiger partial charge in [-0.2, -0.15) is 9.04 Å². The molecule has 0 unspecified atom stereocenters. The third-order valence-corrected chi connectivity index (χ3v) is 6.00. The minimum absolute atomic E-state index is 0.0292. The van der Waals surface area contributed by atoms with E-state index in [-0.39, 0.29) is 37.0 Å². The van der Waals surface area contributed by atoms with E-state index >= 15 is 0 Å². The van der Waals surface area contributed by atoms with Crippen molar-refractivity contribution in [3.05, 3.63) is 65.1 Å². The van der Waals surface area contributed by atoms with Gasteiger partial charge < -0.3 is 10.1 Å². The summed E-state index contributed by atoms with van der Waals surface area (Å²) in [6.07, 6.45) is 2.41. The van der Waals surface area contributed by atoms with Crippen LogP contribution >= 0.6 is 0 Å². The lowest BCUT2D eigenvalue weighted by Gasteiger charge is -2.34. The number of piperazine rings is 1.